The van der Waals surface area contributed by atoms with Crippen molar-refractivity contribution in [1.29, 1.82) is 0 Å². The quantitative estimate of drug-likeness (QED) is 0.676. The molecule has 1 aliphatic rings. The third-order valence-electron chi connectivity index (χ3n) is 2.09. The van der Waals surface area contributed by atoms with Crippen LogP contribution in [0.2, 0.25) is 0 Å². The van der Waals surface area contributed by atoms with E-state index >= 15 is 0 Å². The Morgan fingerprint density at radius 2 is 1.72 bits per heavy atom. The summed E-state index contributed by atoms with van der Waals surface area (Å²) in [5.41, 5.74) is -0.681. The Morgan fingerprint density at radius 1 is 1.22 bits per heavy atom. The number of carboxylic acid groups (broad SMARTS) is 1. The summed E-state index contributed by atoms with van der Waals surface area (Å²) in [4.78, 5) is 22.8. The maximum atomic E-state index is 12.2. The molecule has 0 saturated heterocycles. The van der Waals surface area contributed by atoms with Gasteiger partial charge in [-0.2, -0.15) is 0 Å². The molecule has 0 unspecified atom stereocenters. The Hall–Kier alpha value is -0.360. The van der Waals surface area contributed by atoms with Crippen molar-refractivity contribution in [3.8, 4) is 0 Å². The van der Waals surface area contributed by atoms with E-state index in [1.54, 1.807) is 13.8 Å². The van der Waals surface area contributed by atoms with Crippen molar-refractivity contribution >= 4 is 42.0 Å². The van der Waals surface area contributed by atoms with Crippen molar-refractivity contribution in [1.82, 2.24) is 0 Å². The van der Waals surface area contributed by atoms with Gasteiger partial charge in [-0.1, -0.05) is 0 Å². The number of allylic oxidation sites excluding steroid dienone is 3. The monoisotopic (exact) mass is 375 g/mol. The summed E-state index contributed by atoms with van der Waals surface area (Å²) < 4.78 is 22.7. The SMILES string of the molecule is CCOP(=O)(OCC)C(=O)[C]1=CC=[C](C(=O)O)[In]1. The predicted molar refractivity (Wildman–Crippen MR) is 65.4 cm³/mol. The van der Waals surface area contributed by atoms with E-state index in [2.05, 4.69) is 0 Å². The molecule has 0 spiro atoms. The van der Waals surface area contributed by atoms with E-state index in [1.807, 2.05) is 0 Å². The van der Waals surface area contributed by atoms with Gasteiger partial charge in [0, 0.05) is 0 Å². The van der Waals surface area contributed by atoms with E-state index in [0.717, 1.165) is 0 Å². The molecular weight excluding hydrogens is 362 g/mol. The Kier molecular flexibility index (Phi) is 5.85. The average Bonchev–Trinajstić information content (AvgIpc) is 2.77. The van der Waals surface area contributed by atoms with Gasteiger partial charge >= 0.3 is 116 Å². The molecule has 0 atom stereocenters. The van der Waals surface area contributed by atoms with Crippen LogP contribution in [0.4, 0.5) is 0 Å². The van der Waals surface area contributed by atoms with Gasteiger partial charge in [-0.05, 0) is 0 Å². The van der Waals surface area contributed by atoms with Crippen LogP contribution >= 0.6 is 7.60 Å². The van der Waals surface area contributed by atoms with Crippen molar-refractivity contribution in [3.63, 3.8) is 0 Å². The molecular formula is C10H13InO6P. The van der Waals surface area contributed by atoms with Crippen molar-refractivity contribution in [2.45, 2.75) is 13.8 Å². The number of hydrogen-bond donors (Lipinski definition) is 1. The topological polar surface area (TPSA) is 89.9 Å². The Bertz CT molecular complexity index is 457. The second-order valence-electron chi connectivity index (χ2n) is 3.33. The van der Waals surface area contributed by atoms with Gasteiger partial charge in [0.05, 0.1) is 0 Å². The van der Waals surface area contributed by atoms with Gasteiger partial charge in [-0.15, -0.1) is 0 Å². The molecule has 0 aromatic heterocycles. The molecule has 1 aliphatic heterocycles. The number of rotatable bonds is 7. The van der Waals surface area contributed by atoms with E-state index in [1.165, 1.54) is 12.2 Å². The molecule has 8 heteroatoms. The molecule has 6 nitrogen and oxygen atoms in total. The van der Waals surface area contributed by atoms with E-state index < -0.39 is 42.0 Å². The zero-order valence-electron chi connectivity index (χ0n) is 10.1. The van der Waals surface area contributed by atoms with Crippen LogP contribution in [0, 0.1) is 0 Å². The average molecular weight is 375 g/mol. The van der Waals surface area contributed by atoms with E-state index in [-0.39, 0.29) is 16.5 Å². The Balaban J connectivity index is 2.82. The van der Waals surface area contributed by atoms with Crippen LogP contribution in [0.1, 0.15) is 13.8 Å². The summed E-state index contributed by atoms with van der Waals surface area (Å²) in [5.74, 6) is -1.02. The summed E-state index contributed by atoms with van der Waals surface area (Å²) >= 11 is -1.89. The zero-order valence-corrected chi connectivity index (χ0v) is 14.3. The summed E-state index contributed by atoms with van der Waals surface area (Å²) in [6.07, 6.45) is 2.83. The van der Waals surface area contributed by atoms with Gasteiger partial charge < -0.3 is 0 Å². The van der Waals surface area contributed by atoms with Crippen LogP contribution in [-0.4, -0.2) is 52.7 Å². The Morgan fingerprint density at radius 3 is 2.11 bits per heavy atom. The van der Waals surface area contributed by atoms with E-state index in [9.17, 15) is 14.2 Å². The molecule has 97 valence electrons. The second-order valence-corrected chi connectivity index (χ2v) is 9.62. The summed E-state index contributed by atoms with van der Waals surface area (Å²) in [5, 5.41) is 8.83. The van der Waals surface area contributed by atoms with Crippen molar-refractivity contribution < 1.29 is 28.3 Å². The van der Waals surface area contributed by atoms with Gasteiger partial charge in [-0.25, -0.2) is 0 Å². The maximum absolute atomic E-state index is 12.2. The molecule has 0 aliphatic carbocycles. The van der Waals surface area contributed by atoms with Crippen LogP contribution in [0.25, 0.3) is 0 Å². The molecule has 1 rings (SSSR count). The van der Waals surface area contributed by atoms with Crippen LogP contribution in [0.15, 0.2) is 18.8 Å². The predicted octanol–water partition coefficient (Wildman–Crippen LogP) is 1.35. The van der Waals surface area contributed by atoms with Crippen LogP contribution in [0.3, 0.4) is 0 Å². The first-order valence-corrected chi connectivity index (χ1v) is 10.2. The molecule has 1 N–H and O–H groups in total. The number of carbonyl (C=O) groups is 2. The summed E-state index contributed by atoms with van der Waals surface area (Å²) in [7, 11) is -3.80. The first-order chi connectivity index (χ1) is 8.44. The molecule has 1 heterocycles. The molecule has 0 amide bonds. The first-order valence-electron chi connectivity index (χ1n) is 5.38. The molecule has 0 aromatic carbocycles. The van der Waals surface area contributed by atoms with Crippen LogP contribution < -0.4 is 0 Å². The molecule has 0 fully saturated rings. The fraction of sp³-hybridized carbons (Fsp3) is 0.400. The van der Waals surface area contributed by atoms with Gasteiger partial charge in [0.15, 0.2) is 0 Å². The summed E-state index contributed by atoms with van der Waals surface area (Å²) in [6, 6.07) is 0. The third-order valence-corrected chi connectivity index (χ3v) is 9.07. The molecule has 0 aromatic rings. The standard InChI is InChI=1S/C10H13O6P.In/c1-3-15-17(14,16-4-2)10(13)8-6-5-7-9(11)12;/h5-6H,3-4H2,1-2H3,(H,11,12);. The molecule has 18 heavy (non-hydrogen) atoms. The number of carboxylic acids is 1. The fourth-order valence-electron chi connectivity index (χ4n) is 1.36. The summed E-state index contributed by atoms with van der Waals surface area (Å²) in [6.45, 7) is 3.43. The van der Waals surface area contributed by atoms with Crippen LogP contribution in [0.5, 0.6) is 0 Å². The minimum absolute atomic E-state index is 0.1000. The fourth-order valence-corrected chi connectivity index (χ4v) is 7.29. The Labute approximate surface area is 116 Å². The number of carbonyl (C=O) groups excluding carboxylic acids is 1. The number of aliphatic carboxylic acids is 1. The molecule has 0 bridgehead atoms. The first kappa shape index (κ1) is 15.7. The normalized spacial score (nSPS) is 14.8. The van der Waals surface area contributed by atoms with Crippen molar-refractivity contribution in [3.05, 3.63) is 18.8 Å². The minimum atomic E-state index is -3.80. The van der Waals surface area contributed by atoms with Gasteiger partial charge in [0.2, 0.25) is 0 Å². The van der Waals surface area contributed by atoms with Gasteiger partial charge in [0.25, 0.3) is 0 Å². The zero-order chi connectivity index (χ0) is 13.8. The van der Waals surface area contributed by atoms with E-state index in [0.29, 0.717) is 3.33 Å². The third kappa shape index (κ3) is 3.57. The number of hydrogen-bond acceptors (Lipinski definition) is 5. The van der Waals surface area contributed by atoms with Crippen molar-refractivity contribution in [2.75, 3.05) is 13.2 Å². The van der Waals surface area contributed by atoms with Crippen molar-refractivity contribution in [2.24, 2.45) is 0 Å². The van der Waals surface area contributed by atoms with Gasteiger partial charge in [-0.3, -0.25) is 0 Å². The second kappa shape index (κ2) is 6.70. The molecule has 0 saturated carbocycles. The molecule has 1 radical (unpaired) electrons. The van der Waals surface area contributed by atoms with E-state index in [4.69, 9.17) is 14.2 Å². The van der Waals surface area contributed by atoms with Crippen LogP contribution in [-0.2, 0) is 23.2 Å². The van der Waals surface area contributed by atoms with Gasteiger partial charge in [0.1, 0.15) is 0 Å².